The molecule has 2 saturated heterocycles. The van der Waals surface area contributed by atoms with Crippen LogP contribution in [-0.4, -0.2) is 53.0 Å². The lowest BCUT2D eigenvalue weighted by Crippen LogP contribution is -2.46. The molecule has 3 rings (SSSR count). The second-order valence-electron chi connectivity index (χ2n) is 6.30. The molecule has 0 aromatic carbocycles. The van der Waals surface area contributed by atoms with E-state index in [-0.39, 0.29) is 0 Å². The first-order chi connectivity index (χ1) is 9.61. The van der Waals surface area contributed by atoms with Gasteiger partial charge in [0.2, 0.25) is 5.89 Å². The Bertz CT molecular complexity index is 431. The van der Waals surface area contributed by atoms with Crippen molar-refractivity contribution >= 4 is 0 Å². The van der Waals surface area contributed by atoms with Crippen LogP contribution in [0.15, 0.2) is 4.42 Å². The number of rotatable bonds is 3. The van der Waals surface area contributed by atoms with Gasteiger partial charge in [-0.1, -0.05) is 0 Å². The first-order valence-corrected chi connectivity index (χ1v) is 7.76. The molecule has 1 unspecified atom stereocenters. The molecule has 0 spiro atoms. The van der Waals surface area contributed by atoms with Gasteiger partial charge in [-0.25, -0.2) is 4.98 Å². The van der Waals surface area contributed by atoms with E-state index in [1.807, 2.05) is 13.8 Å². The van der Waals surface area contributed by atoms with E-state index in [1.165, 1.54) is 6.42 Å². The van der Waals surface area contributed by atoms with Gasteiger partial charge in [0.05, 0.1) is 12.2 Å². The molecule has 5 nitrogen and oxygen atoms in total. The second kappa shape index (κ2) is 5.84. The normalized spacial score (nSPS) is 26.4. The summed E-state index contributed by atoms with van der Waals surface area (Å²) in [4.78, 5) is 9.57. The Labute approximate surface area is 121 Å². The smallest absolute Gasteiger partial charge is 0.208 e. The van der Waals surface area contributed by atoms with E-state index in [9.17, 15) is 0 Å². The van der Waals surface area contributed by atoms with Crippen molar-refractivity contribution in [3.63, 3.8) is 0 Å². The molecule has 2 N–H and O–H groups in total. The van der Waals surface area contributed by atoms with Gasteiger partial charge in [-0.15, -0.1) is 0 Å². The van der Waals surface area contributed by atoms with E-state index < -0.39 is 0 Å². The van der Waals surface area contributed by atoms with Crippen LogP contribution in [0.2, 0.25) is 0 Å². The van der Waals surface area contributed by atoms with Gasteiger partial charge in [-0.2, -0.15) is 0 Å². The van der Waals surface area contributed by atoms with E-state index >= 15 is 0 Å². The summed E-state index contributed by atoms with van der Waals surface area (Å²) in [6.45, 7) is 9.44. The van der Waals surface area contributed by atoms with Crippen LogP contribution >= 0.6 is 0 Å². The average Bonchev–Trinajstić information content (AvgIpc) is 2.99. The predicted molar refractivity (Wildman–Crippen MR) is 78.4 cm³/mol. The Balaban J connectivity index is 1.52. The number of aromatic nitrogens is 1. The molecule has 0 aliphatic carbocycles. The Morgan fingerprint density at radius 1 is 1.20 bits per heavy atom. The van der Waals surface area contributed by atoms with Crippen LogP contribution in [0.25, 0.3) is 0 Å². The van der Waals surface area contributed by atoms with Crippen LogP contribution in [0.3, 0.4) is 0 Å². The molecule has 112 valence electrons. The highest BCUT2D eigenvalue weighted by molar-refractivity contribution is 5.05. The van der Waals surface area contributed by atoms with E-state index in [1.54, 1.807) is 0 Å². The maximum absolute atomic E-state index is 5.98. The molecule has 1 aromatic rings. The molecule has 2 aliphatic rings. The number of hydrogen-bond donors (Lipinski definition) is 1. The molecule has 3 heterocycles. The maximum atomic E-state index is 5.98. The van der Waals surface area contributed by atoms with E-state index in [4.69, 9.17) is 10.2 Å². The van der Waals surface area contributed by atoms with Gasteiger partial charge < -0.3 is 10.2 Å². The van der Waals surface area contributed by atoms with E-state index in [0.29, 0.717) is 12.1 Å². The van der Waals surface area contributed by atoms with Gasteiger partial charge in [-0.3, -0.25) is 9.80 Å². The minimum atomic E-state index is 0.419. The topological polar surface area (TPSA) is 58.5 Å². The molecule has 1 atom stereocenters. The fourth-order valence-electron chi connectivity index (χ4n) is 3.34. The molecule has 20 heavy (non-hydrogen) atoms. The van der Waals surface area contributed by atoms with Crippen molar-refractivity contribution in [1.82, 2.24) is 14.8 Å². The number of piperidine rings is 1. The summed E-state index contributed by atoms with van der Waals surface area (Å²) in [5.41, 5.74) is 7.00. The van der Waals surface area contributed by atoms with E-state index in [2.05, 4.69) is 14.8 Å². The molecule has 1 aromatic heterocycles. The Morgan fingerprint density at radius 2 is 1.95 bits per heavy atom. The number of nitrogens with zero attached hydrogens (tertiary/aromatic N) is 3. The van der Waals surface area contributed by atoms with Crippen LogP contribution in [0.1, 0.15) is 36.6 Å². The van der Waals surface area contributed by atoms with Crippen LogP contribution in [0.5, 0.6) is 0 Å². The number of oxazole rings is 1. The summed E-state index contributed by atoms with van der Waals surface area (Å²) in [5, 5.41) is 0. The fraction of sp³-hybridized carbons (Fsp3) is 0.800. The highest BCUT2D eigenvalue weighted by atomic mass is 16.4. The number of aryl methyl sites for hydroxylation is 2. The first-order valence-electron chi connectivity index (χ1n) is 7.76. The minimum Gasteiger partial charge on any atom is -0.444 e. The second-order valence-corrected chi connectivity index (χ2v) is 6.30. The van der Waals surface area contributed by atoms with Crippen LogP contribution in [-0.2, 0) is 6.54 Å². The lowest BCUT2D eigenvalue weighted by molar-refractivity contribution is 0.150. The Hall–Kier alpha value is -0.910. The van der Waals surface area contributed by atoms with E-state index in [0.717, 1.165) is 62.9 Å². The van der Waals surface area contributed by atoms with Gasteiger partial charge in [0.15, 0.2) is 0 Å². The molecule has 5 heteroatoms. The van der Waals surface area contributed by atoms with Crippen molar-refractivity contribution in [2.75, 3.05) is 26.2 Å². The number of hydrogen-bond acceptors (Lipinski definition) is 5. The van der Waals surface area contributed by atoms with Crippen LogP contribution in [0, 0.1) is 13.8 Å². The van der Waals surface area contributed by atoms with Crippen LogP contribution in [0.4, 0.5) is 0 Å². The zero-order valence-electron chi connectivity index (χ0n) is 12.6. The molecule has 2 fully saturated rings. The molecule has 0 amide bonds. The summed E-state index contributed by atoms with van der Waals surface area (Å²) in [6.07, 6.45) is 3.55. The standard InChI is InChI=1S/C15H26N4O/c1-11-12(2)20-15(17-11)10-18-6-5-14(9-18)19-7-3-13(16)4-8-19/h13-14H,3-10,16H2,1-2H3. The predicted octanol–water partition coefficient (Wildman–Crippen LogP) is 1.29. The highest BCUT2D eigenvalue weighted by Crippen LogP contribution is 2.21. The quantitative estimate of drug-likeness (QED) is 0.903. The Morgan fingerprint density at radius 3 is 2.60 bits per heavy atom. The number of likely N-dealkylation sites (tertiary alicyclic amines) is 2. The SMILES string of the molecule is Cc1nc(CN2CCC(N3CCC(N)CC3)C2)oc1C. The Kier molecular flexibility index (Phi) is 4.10. The van der Waals surface area contributed by atoms with Gasteiger partial charge in [0, 0.05) is 25.2 Å². The largest absolute Gasteiger partial charge is 0.444 e. The summed E-state index contributed by atoms with van der Waals surface area (Å²) in [7, 11) is 0. The lowest BCUT2D eigenvalue weighted by Gasteiger charge is -2.34. The maximum Gasteiger partial charge on any atom is 0.208 e. The van der Waals surface area contributed by atoms with Gasteiger partial charge >= 0.3 is 0 Å². The third kappa shape index (κ3) is 3.05. The summed E-state index contributed by atoms with van der Waals surface area (Å²) in [5.74, 6) is 1.81. The van der Waals surface area contributed by atoms with Gasteiger partial charge in [0.25, 0.3) is 0 Å². The van der Waals surface area contributed by atoms with Crippen molar-refractivity contribution in [3.05, 3.63) is 17.3 Å². The van der Waals surface area contributed by atoms with Gasteiger partial charge in [-0.05, 0) is 46.2 Å². The summed E-state index contributed by atoms with van der Waals surface area (Å²) >= 11 is 0. The molecule has 0 bridgehead atoms. The fourth-order valence-corrected chi connectivity index (χ4v) is 3.34. The molecule has 2 aliphatic heterocycles. The molecular weight excluding hydrogens is 252 g/mol. The van der Waals surface area contributed by atoms with Crippen molar-refractivity contribution in [1.29, 1.82) is 0 Å². The first kappa shape index (κ1) is 14.0. The summed E-state index contributed by atoms with van der Waals surface area (Å²) in [6, 6.07) is 1.11. The lowest BCUT2D eigenvalue weighted by atomic mass is 10.0. The monoisotopic (exact) mass is 278 g/mol. The highest BCUT2D eigenvalue weighted by Gasteiger charge is 2.30. The third-order valence-corrected chi connectivity index (χ3v) is 4.77. The van der Waals surface area contributed by atoms with Crippen molar-refractivity contribution in [3.8, 4) is 0 Å². The molecule has 0 radical (unpaired) electrons. The molecule has 0 saturated carbocycles. The third-order valence-electron chi connectivity index (χ3n) is 4.77. The minimum absolute atomic E-state index is 0.419. The zero-order valence-corrected chi connectivity index (χ0v) is 12.6. The summed E-state index contributed by atoms with van der Waals surface area (Å²) < 4.78 is 5.69. The van der Waals surface area contributed by atoms with Crippen molar-refractivity contribution in [2.45, 2.75) is 51.7 Å². The van der Waals surface area contributed by atoms with Crippen molar-refractivity contribution in [2.24, 2.45) is 5.73 Å². The molecular formula is C15H26N4O. The zero-order chi connectivity index (χ0) is 14.1. The number of nitrogens with two attached hydrogens (primary N) is 1. The van der Waals surface area contributed by atoms with Crippen molar-refractivity contribution < 1.29 is 4.42 Å². The van der Waals surface area contributed by atoms with Gasteiger partial charge in [0.1, 0.15) is 5.76 Å². The average molecular weight is 278 g/mol. The van der Waals surface area contributed by atoms with Crippen LogP contribution < -0.4 is 5.73 Å².